The third-order valence-corrected chi connectivity index (χ3v) is 5.58. The zero-order valence-corrected chi connectivity index (χ0v) is 12.8. The highest BCUT2D eigenvalue weighted by Crippen LogP contribution is 2.30. The van der Waals surface area contributed by atoms with Gasteiger partial charge in [-0.3, -0.25) is 0 Å². The fraction of sp³-hybridized carbons (Fsp3) is 0.143. The van der Waals surface area contributed by atoms with E-state index in [1.165, 1.54) is 12.1 Å². The van der Waals surface area contributed by atoms with Gasteiger partial charge in [0.1, 0.15) is 5.25 Å². The summed E-state index contributed by atoms with van der Waals surface area (Å²) in [5.41, 5.74) is 6.24. The summed E-state index contributed by atoms with van der Waals surface area (Å²) in [7, 11) is -3.58. The summed E-state index contributed by atoms with van der Waals surface area (Å²) >= 11 is 11.7. The van der Waals surface area contributed by atoms with Gasteiger partial charge in [-0.25, -0.2) is 8.42 Å². The molecule has 0 spiro atoms. The lowest BCUT2D eigenvalue weighted by atomic mass is 10.1. The molecule has 2 rings (SSSR count). The minimum Gasteiger partial charge on any atom is -0.329 e. The average molecular weight is 330 g/mol. The van der Waals surface area contributed by atoms with Crippen LogP contribution in [0.15, 0.2) is 53.4 Å². The molecule has 0 aliphatic rings. The SMILES string of the molecule is NCC(c1cccc(Cl)c1)S(=O)(=O)c1ccc(Cl)cc1. The lowest BCUT2D eigenvalue weighted by Crippen LogP contribution is -2.22. The quantitative estimate of drug-likeness (QED) is 0.934. The van der Waals surface area contributed by atoms with E-state index in [1.807, 2.05) is 0 Å². The second-order valence-corrected chi connectivity index (χ2v) is 7.28. The molecule has 106 valence electrons. The maximum atomic E-state index is 12.6. The standard InChI is InChI=1S/C14H13Cl2NO2S/c15-11-4-6-13(7-5-11)20(18,19)14(9-17)10-2-1-3-12(16)8-10/h1-8,14H,9,17H2. The van der Waals surface area contributed by atoms with Crippen molar-refractivity contribution in [2.24, 2.45) is 5.73 Å². The molecule has 0 bridgehead atoms. The molecule has 2 aromatic rings. The highest BCUT2D eigenvalue weighted by molar-refractivity contribution is 7.91. The minimum absolute atomic E-state index is 0.0225. The molecule has 2 aromatic carbocycles. The van der Waals surface area contributed by atoms with E-state index >= 15 is 0 Å². The van der Waals surface area contributed by atoms with E-state index in [9.17, 15) is 8.42 Å². The Hall–Kier alpha value is -1.07. The lowest BCUT2D eigenvalue weighted by molar-refractivity contribution is 0.582. The van der Waals surface area contributed by atoms with Crippen molar-refractivity contribution in [2.45, 2.75) is 10.1 Å². The van der Waals surface area contributed by atoms with Crippen LogP contribution < -0.4 is 5.73 Å². The third-order valence-electron chi connectivity index (χ3n) is 2.95. The molecule has 0 radical (unpaired) electrons. The topological polar surface area (TPSA) is 60.2 Å². The van der Waals surface area contributed by atoms with Gasteiger partial charge in [0, 0.05) is 16.6 Å². The van der Waals surface area contributed by atoms with E-state index in [1.54, 1.807) is 36.4 Å². The molecule has 0 fully saturated rings. The van der Waals surface area contributed by atoms with Gasteiger partial charge in [0.25, 0.3) is 0 Å². The van der Waals surface area contributed by atoms with Gasteiger partial charge in [-0.05, 0) is 42.0 Å². The van der Waals surface area contributed by atoms with Gasteiger partial charge < -0.3 is 5.73 Å². The van der Waals surface area contributed by atoms with Gasteiger partial charge in [0.15, 0.2) is 9.84 Å². The number of nitrogens with two attached hydrogens (primary N) is 1. The molecule has 0 aliphatic carbocycles. The van der Waals surface area contributed by atoms with Gasteiger partial charge in [0.05, 0.1) is 4.90 Å². The van der Waals surface area contributed by atoms with Crippen LogP contribution in [0, 0.1) is 0 Å². The van der Waals surface area contributed by atoms with Crippen LogP contribution in [0.25, 0.3) is 0 Å². The first-order valence-corrected chi connectivity index (χ1v) is 8.20. The number of sulfone groups is 1. The summed E-state index contributed by atoms with van der Waals surface area (Å²) in [4.78, 5) is 0.192. The van der Waals surface area contributed by atoms with Crippen molar-refractivity contribution in [1.82, 2.24) is 0 Å². The van der Waals surface area contributed by atoms with E-state index in [0.29, 0.717) is 15.6 Å². The normalized spacial score (nSPS) is 13.2. The fourth-order valence-electron chi connectivity index (χ4n) is 1.94. The van der Waals surface area contributed by atoms with Crippen LogP contribution in [0.2, 0.25) is 10.0 Å². The highest BCUT2D eigenvalue weighted by Gasteiger charge is 2.28. The number of halogens is 2. The third kappa shape index (κ3) is 3.15. The van der Waals surface area contributed by atoms with Crippen molar-refractivity contribution in [3.63, 3.8) is 0 Å². The molecule has 0 saturated heterocycles. The Labute approximate surface area is 128 Å². The Morgan fingerprint density at radius 3 is 2.20 bits per heavy atom. The first kappa shape index (κ1) is 15.3. The van der Waals surface area contributed by atoms with Crippen LogP contribution in [-0.2, 0) is 9.84 Å². The van der Waals surface area contributed by atoms with E-state index in [2.05, 4.69) is 0 Å². The second-order valence-electron chi connectivity index (χ2n) is 4.28. The molecule has 1 unspecified atom stereocenters. The number of rotatable bonds is 4. The minimum atomic E-state index is -3.58. The molecule has 0 aromatic heterocycles. The molecular weight excluding hydrogens is 317 g/mol. The molecule has 3 nitrogen and oxygen atoms in total. The van der Waals surface area contributed by atoms with Crippen molar-refractivity contribution >= 4 is 33.0 Å². The Balaban J connectivity index is 2.47. The first-order valence-electron chi connectivity index (χ1n) is 5.90. The van der Waals surface area contributed by atoms with Crippen molar-refractivity contribution in [1.29, 1.82) is 0 Å². The molecule has 20 heavy (non-hydrogen) atoms. The number of benzene rings is 2. The van der Waals surface area contributed by atoms with Crippen LogP contribution >= 0.6 is 23.2 Å². The summed E-state index contributed by atoms with van der Waals surface area (Å²) < 4.78 is 25.2. The fourth-order valence-corrected chi connectivity index (χ4v) is 3.86. The van der Waals surface area contributed by atoms with E-state index in [4.69, 9.17) is 28.9 Å². The second kappa shape index (κ2) is 6.14. The predicted octanol–water partition coefficient (Wildman–Crippen LogP) is 3.47. The summed E-state index contributed by atoms with van der Waals surface area (Å²) in [6.07, 6.45) is 0. The van der Waals surface area contributed by atoms with Gasteiger partial charge in [0.2, 0.25) is 0 Å². The molecule has 6 heteroatoms. The smallest absolute Gasteiger partial charge is 0.186 e. The van der Waals surface area contributed by atoms with Crippen molar-refractivity contribution in [2.75, 3.05) is 6.54 Å². The average Bonchev–Trinajstić information content (AvgIpc) is 2.40. The van der Waals surface area contributed by atoms with Gasteiger partial charge >= 0.3 is 0 Å². The number of hydrogen-bond donors (Lipinski definition) is 1. The Morgan fingerprint density at radius 1 is 1.00 bits per heavy atom. The number of hydrogen-bond acceptors (Lipinski definition) is 3. The maximum Gasteiger partial charge on any atom is 0.186 e. The molecule has 0 heterocycles. The molecule has 0 aliphatic heterocycles. The first-order chi connectivity index (χ1) is 9.45. The zero-order valence-electron chi connectivity index (χ0n) is 10.5. The van der Waals surface area contributed by atoms with Crippen LogP contribution in [-0.4, -0.2) is 15.0 Å². The molecular formula is C14H13Cl2NO2S. The zero-order chi connectivity index (χ0) is 14.8. The highest BCUT2D eigenvalue weighted by atomic mass is 35.5. The Morgan fingerprint density at radius 2 is 1.65 bits per heavy atom. The van der Waals surface area contributed by atoms with Crippen molar-refractivity contribution in [3.8, 4) is 0 Å². The van der Waals surface area contributed by atoms with Crippen LogP contribution in [0.1, 0.15) is 10.8 Å². The molecule has 2 N–H and O–H groups in total. The Kier molecular flexibility index (Phi) is 4.70. The van der Waals surface area contributed by atoms with E-state index in [-0.39, 0.29) is 11.4 Å². The van der Waals surface area contributed by atoms with E-state index < -0.39 is 15.1 Å². The molecule has 1 atom stereocenters. The van der Waals surface area contributed by atoms with Crippen LogP contribution in [0.4, 0.5) is 0 Å². The van der Waals surface area contributed by atoms with Gasteiger partial charge in [-0.1, -0.05) is 35.3 Å². The van der Waals surface area contributed by atoms with Crippen molar-refractivity contribution in [3.05, 3.63) is 64.1 Å². The summed E-state index contributed by atoms with van der Waals surface area (Å²) in [5.74, 6) is 0. The van der Waals surface area contributed by atoms with Gasteiger partial charge in [-0.15, -0.1) is 0 Å². The lowest BCUT2D eigenvalue weighted by Gasteiger charge is -2.16. The molecule has 0 saturated carbocycles. The Bertz CT molecular complexity index is 699. The van der Waals surface area contributed by atoms with Crippen molar-refractivity contribution < 1.29 is 8.42 Å². The van der Waals surface area contributed by atoms with Gasteiger partial charge in [-0.2, -0.15) is 0 Å². The van der Waals surface area contributed by atoms with E-state index in [0.717, 1.165) is 0 Å². The monoisotopic (exact) mass is 329 g/mol. The summed E-state index contributed by atoms with van der Waals surface area (Å²) in [5, 5.41) is 0.130. The van der Waals surface area contributed by atoms with Crippen LogP contribution in [0.3, 0.4) is 0 Å². The summed E-state index contributed by atoms with van der Waals surface area (Å²) in [6, 6.07) is 12.8. The summed E-state index contributed by atoms with van der Waals surface area (Å²) in [6.45, 7) is -0.0225. The largest absolute Gasteiger partial charge is 0.329 e. The molecule has 0 amide bonds. The predicted molar refractivity (Wildman–Crippen MR) is 81.9 cm³/mol. The van der Waals surface area contributed by atoms with Crippen LogP contribution in [0.5, 0.6) is 0 Å². The maximum absolute atomic E-state index is 12.6.